The fraction of sp³-hybridized carbons (Fsp3) is 0.538. The van der Waals surface area contributed by atoms with Crippen LogP contribution >= 0.6 is 12.2 Å². The minimum Gasteiger partial charge on any atom is -0.389 e. The van der Waals surface area contributed by atoms with Crippen molar-refractivity contribution >= 4 is 23.0 Å². The monoisotopic (exact) mass is 265 g/mol. The second-order valence-corrected chi connectivity index (χ2v) is 5.22. The van der Waals surface area contributed by atoms with E-state index in [2.05, 4.69) is 10.3 Å². The van der Waals surface area contributed by atoms with Crippen LogP contribution in [-0.2, 0) is 4.74 Å². The van der Waals surface area contributed by atoms with E-state index >= 15 is 0 Å². The third kappa shape index (κ3) is 2.97. The van der Waals surface area contributed by atoms with E-state index in [9.17, 15) is 0 Å². The summed E-state index contributed by atoms with van der Waals surface area (Å²) in [6.07, 6.45) is 1.10. The van der Waals surface area contributed by atoms with Gasteiger partial charge in [-0.25, -0.2) is 4.98 Å². The number of pyridine rings is 1. The van der Waals surface area contributed by atoms with E-state index in [-0.39, 0.29) is 0 Å². The Morgan fingerprint density at radius 3 is 3.00 bits per heavy atom. The first kappa shape index (κ1) is 13.2. The molecule has 3 N–H and O–H groups in total. The number of rotatable bonds is 4. The molecule has 4 nitrogen and oxygen atoms in total. The lowest BCUT2D eigenvalue weighted by molar-refractivity contribution is 0.187. The number of aromatic nitrogens is 1. The van der Waals surface area contributed by atoms with Gasteiger partial charge in [-0.2, -0.15) is 0 Å². The van der Waals surface area contributed by atoms with Gasteiger partial charge in [0.05, 0.1) is 12.2 Å². The minimum atomic E-state index is 0.394. The molecule has 98 valence electrons. The van der Waals surface area contributed by atoms with Crippen molar-refractivity contribution in [3.05, 3.63) is 22.9 Å². The van der Waals surface area contributed by atoms with Gasteiger partial charge in [0.1, 0.15) is 10.8 Å². The van der Waals surface area contributed by atoms with Gasteiger partial charge >= 0.3 is 0 Å². The topological polar surface area (TPSA) is 60.2 Å². The van der Waals surface area contributed by atoms with Gasteiger partial charge in [-0.15, -0.1) is 0 Å². The molecule has 0 radical (unpaired) electrons. The Labute approximate surface area is 113 Å². The number of thiocarbonyl (C=S) groups is 1. The lowest BCUT2D eigenvalue weighted by atomic mass is 10.1. The van der Waals surface area contributed by atoms with Crippen LogP contribution in [0, 0.1) is 19.8 Å². The average Bonchev–Trinajstić information content (AvgIpc) is 2.77. The Morgan fingerprint density at radius 1 is 1.61 bits per heavy atom. The number of nitrogens with two attached hydrogens (primary N) is 1. The SMILES string of the molecule is Cc1cc(C)c(C(N)=S)c(NCC2CCOC2)n1. The first-order valence-corrected chi connectivity index (χ1v) is 6.58. The first-order chi connectivity index (χ1) is 8.58. The van der Waals surface area contributed by atoms with Gasteiger partial charge in [-0.05, 0) is 31.9 Å². The van der Waals surface area contributed by atoms with Crippen molar-refractivity contribution < 1.29 is 4.74 Å². The number of ether oxygens (including phenoxy) is 1. The maximum atomic E-state index is 5.78. The highest BCUT2D eigenvalue weighted by Gasteiger charge is 2.17. The van der Waals surface area contributed by atoms with Gasteiger partial charge in [-0.3, -0.25) is 0 Å². The molecular formula is C13H19N3OS. The quantitative estimate of drug-likeness (QED) is 0.813. The van der Waals surface area contributed by atoms with Crippen molar-refractivity contribution in [3.63, 3.8) is 0 Å². The van der Waals surface area contributed by atoms with Gasteiger partial charge in [-0.1, -0.05) is 12.2 Å². The van der Waals surface area contributed by atoms with Crippen molar-refractivity contribution in [2.75, 3.05) is 25.1 Å². The summed E-state index contributed by atoms with van der Waals surface area (Å²) in [4.78, 5) is 4.89. The Balaban J connectivity index is 2.16. The zero-order valence-electron chi connectivity index (χ0n) is 10.8. The van der Waals surface area contributed by atoms with Crippen molar-refractivity contribution in [1.29, 1.82) is 0 Å². The molecule has 0 aromatic carbocycles. The van der Waals surface area contributed by atoms with E-state index in [1.54, 1.807) is 0 Å². The molecule has 0 spiro atoms. The van der Waals surface area contributed by atoms with Crippen molar-refractivity contribution in [3.8, 4) is 0 Å². The highest BCUT2D eigenvalue weighted by Crippen LogP contribution is 2.20. The summed E-state index contributed by atoms with van der Waals surface area (Å²) in [7, 11) is 0. The Morgan fingerprint density at radius 2 is 2.39 bits per heavy atom. The smallest absolute Gasteiger partial charge is 0.136 e. The zero-order valence-corrected chi connectivity index (χ0v) is 11.6. The molecular weight excluding hydrogens is 246 g/mol. The summed E-state index contributed by atoms with van der Waals surface area (Å²) in [5.74, 6) is 1.35. The van der Waals surface area contributed by atoms with E-state index < -0.39 is 0 Å². The molecule has 1 atom stereocenters. The molecule has 1 unspecified atom stereocenters. The fourth-order valence-corrected chi connectivity index (χ4v) is 2.52. The average molecular weight is 265 g/mol. The molecule has 18 heavy (non-hydrogen) atoms. The van der Waals surface area contributed by atoms with Crippen molar-refractivity contribution in [2.45, 2.75) is 20.3 Å². The number of nitrogens with zero attached hydrogens (tertiary/aromatic N) is 1. The molecule has 0 aliphatic carbocycles. The Hall–Kier alpha value is -1.20. The van der Waals surface area contributed by atoms with Gasteiger partial charge in [0.15, 0.2) is 0 Å². The predicted molar refractivity (Wildman–Crippen MR) is 77.0 cm³/mol. The van der Waals surface area contributed by atoms with Crippen molar-refractivity contribution in [2.24, 2.45) is 11.7 Å². The lowest BCUT2D eigenvalue weighted by Gasteiger charge is -2.15. The largest absolute Gasteiger partial charge is 0.389 e. The van der Waals surface area contributed by atoms with Crippen LogP contribution in [0.25, 0.3) is 0 Å². The van der Waals surface area contributed by atoms with Gasteiger partial charge in [0.25, 0.3) is 0 Å². The minimum absolute atomic E-state index is 0.394. The van der Waals surface area contributed by atoms with E-state index in [4.69, 9.17) is 22.7 Å². The number of hydrogen-bond donors (Lipinski definition) is 2. The molecule has 5 heteroatoms. The lowest BCUT2D eigenvalue weighted by Crippen LogP contribution is -2.20. The second kappa shape index (κ2) is 5.63. The second-order valence-electron chi connectivity index (χ2n) is 4.78. The van der Waals surface area contributed by atoms with Crippen LogP contribution in [0.5, 0.6) is 0 Å². The summed E-state index contributed by atoms with van der Waals surface area (Å²) < 4.78 is 5.36. The molecule has 1 aromatic heterocycles. The number of nitrogens with one attached hydrogen (secondary N) is 1. The van der Waals surface area contributed by atoms with E-state index in [0.717, 1.165) is 48.8 Å². The van der Waals surface area contributed by atoms with Crippen LogP contribution in [0.1, 0.15) is 23.2 Å². The third-order valence-electron chi connectivity index (χ3n) is 3.17. The first-order valence-electron chi connectivity index (χ1n) is 6.17. The van der Waals surface area contributed by atoms with Crippen LogP contribution in [0.15, 0.2) is 6.07 Å². The standard InChI is InChI=1S/C13H19N3OS/c1-8-5-9(2)16-13(11(8)12(14)18)15-6-10-3-4-17-7-10/h5,10H,3-4,6-7H2,1-2H3,(H2,14,18)(H,15,16). The van der Waals surface area contributed by atoms with Gasteiger partial charge in [0, 0.05) is 24.8 Å². The molecule has 1 aromatic rings. The number of aryl methyl sites for hydroxylation is 2. The zero-order chi connectivity index (χ0) is 13.1. The molecule has 2 rings (SSSR count). The molecule has 0 amide bonds. The molecule has 1 saturated heterocycles. The summed E-state index contributed by atoms with van der Waals surface area (Å²) in [5, 5.41) is 3.36. The Bertz CT molecular complexity index is 456. The van der Waals surface area contributed by atoms with Crippen LogP contribution in [0.2, 0.25) is 0 Å². The summed E-state index contributed by atoms with van der Waals surface area (Å²) in [5.41, 5.74) is 8.67. The maximum absolute atomic E-state index is 5.78. The number of anilines is 1. The summed E-state index contributed by atoms with van der Waals surface area (Å²) in [6.45, 7) is 6.51. The number of hydrogen-bond acceptors (Lipinski definition) is 4. The molecule has 1 aliphatic rings. The molecule has 1 aliphatic heterocycles. The van der Waals surface area contributed by atoms with E-state index in [0.29, 0.717) is 10.9 Å². The normalized spacial score (nSPS) is 18.9. The molecule has 1 fully saturated rings. The summed E-state index contributed by atoms with van der Waals surface area (Å²) in [6, 6.07) is 2.00. The fourth-order valence-electron chi connectivity index (χ4n) is 2.26. The van der Waals surface area contributed by atoms with Crippen LogP contribution in [0.4, 0.5) is 5.82 Å². The van der Waals surface area contributed by atoms with Gasteiger partial charge in [0.2, 0.25) is 0 Å². The van der Waals surface area contributed by atoms with Gasteiger partial charge < -0.3 is 15.8 Å². The van der Waals surface area contributed by atoms with E-state index in [1.807, 2.05) is 19.9 Å². The highest BCUT2D eigenvalue weighted by molar-refractivity contribution is 7.80. The molecule has 0 saturated carbocycles. The maximum Gasteiger partial charge on any atom is 0.136 e. The van der Waals surface area contributed by atoms with Crippen LogP contribution in [-0.4, -0.2) is 29.7 Å². The Kier molecular flexibility index (Phi) is 4.14. The summed E-state index contributed by atoms with van der Waals surface area (Å²) >= 11 is 5.10. The van der Waals surface area contributed by atoms with Crippen molar-refractivity contribution in [1.82, 2.24) is 4.98 Å². The van der Waals surface area contributed by atoms with E-state index in [1.165, 1.54) is 0 Å². The van der Waals surface area contributed by atoms with Crippen LogP contribution in [0.3, 0.4) is 0 Å². The third-order valence-corrected chi connectivity index (χ3v) is 3.38. The molecule has 0 bridgehead atoms. The molecule has 2 heterocycles. The predicted octanol–water partition coefficient (Wildman–Crippen LogP) is 1.78. The van der Waals surface area contributed by atoms with Crippen LogP contribution < -0.4 is 11.1 Å². The highest BCUT2D eigenvalue weighted by atomic mass is 32.1.